The third-order valence-corrected chi connectivity index (χ3v) is 3.58. The van der Waals surface area contributed by atoms with Crippen molar-refractivity contribution in [2.24, 2.45) is 0 Å². The van der Waals surface area contributed by atoms with Gasteiger partial charge < -0.3 is 10.2 Å². The molecule has 1 aliphatic rings. The smallest absolute Gasteiger partial charge is 0.0371 e. The molecule has 1 heterocycles. The van der Waals surface area contributed by atoms with Crippen LogP contribution in [0.3, 0.4) is 0 Å². The van der Waals surface area contributed by atoms with Gasteiger partial charge in [-0.2, -0.15) is 0 Å². The Labute approximate surface area is 98.7 Å². The van der Waals surface area contributed by atoms with Crippen molar-refractivity contribution >= 4 is 5.69 Å². The van der Waals surface area contributed by atoms with Crippen LogP contribution in [0.15, 0.2) is 18.2 Å². The van der Waals surface area contributed by atoms with E-state index < -0.39 is 0 Å². The van der Waals surface area contributed by atoms with Crippen LogP contribution in [0, 0.1) is 6.92 Å². The van der Waals surface area contributed by atoms with E-state index in [0.29, 0.717) is 6.04 Å². The fourth-order valence-corrected chi connectivity index (χ4v) is 2.56. The highest BCUT2D eigenvalue weighted by atomic mass is 15.2. The summed E-state index contributed by atoms with van der Waals surface area (Å²) in [5.74, 6) is 0. The van der Waals surface area contributed by atoms with Gasteiger partial charge in [0.25, 0.3) is 0 Å². The first kappa shape index (κ1) is 11.5. The van der Waals surface area contributed by atoms with Gasteiger partial charge in [-0.3, -0.25) is 0 Å². The van der Waals surface area contributed by atoms with Gasteiger partial charge in [-0.05, 0) is 57.0 Å². The molecular weight excluding hydrogens is 196 g/mol. The Morgan fingerprint density at radius 3 is 2.81 bits per heavy atom. The van der Waals surface area contributed by atoms with E-state index >= 15 is 0 Å². The molecule has 2 rings (SSSR count). The lowest BCUT2D eigenvalue weighted by Crippen LogP contribution is -2.26. The van der Waals surface area contributed by atoms with Crippen molar-refractivity contribution in [2.75, 3.05) is 18.5 Å². The molecule has 0 bridgehead atoms. The standard InChI is InChI=1S/C14H22N2/c1-11-9-14(7-6-13(11)10-15-3)16-8-4-5-12(16)2/h6-7,9,12,15H,4-5,8,10H2,1-3H3. The van der Waals surface area contributed by atoms with E-state index in [9.17, 15) is 0 Å². The first-order valence-corrected chi connectivity index (χ1v) is 6.23. The summed E-state index contributed by atoms with van der Waals surface area (Å²) in [5.41, 5.74) is 4.19. The zero-order valence-electron chi connectivity index (χ0n) is 10.6. The Morgan fingerprint density at radius 1 is 1.44 bits per heavy atom. The molecule has 0 spiro atoms. The number of benzene rings is 1. The third-order valence-electron chi connectivity index (χ3n) is 3.58. The van der Waals surface area contributed by atoms with Crippen molar-refractivity contribution in [3.05, 3.63) is 29.3 Å². The lowest BCUT2D eigenvalue weighted by atomic mass is 10.1. The molecule has 1 saturated heterocycles. The molecule has 2 heteroatoms. The number of hydrogen-bond acceptors (Lipinski definition) is 2. The van der Waals surface area contributed by atoms with Crippen molar-refractivity contribution in [1.82, 2.24) is 5.32 Å². The third kappa shape index (κ3) is 2.22. The highest BCUT2D eigenvalue weighted by molar-refractivity contribution is 5.52. The second-order valence-electron chi connectivity index (χ2n) is 4.83. The number of nitrogens with one attached hydrogen (secondary N) is 1. The Morgan fingerprint density at radius 2 is 2.25 bits per heavy atom. The fraction of sp³-hybridized carbons (Fsp3) is 0.571. The molecule has 1 aromatic rings. The number of hydrogen-bond donors (Lipinski definition) is 1. The van der Waals surface area contributed by atoms with Crippen LogP contribution in [-0.2, 0) is 6.54 Å². The largest absolute Gasteiger partial charge is 0.369 e. The minimum atomic E-state index is 0.703. The average molecular weight is 218 g/mol. The monoisotopic (exact) mass is 218 g/mol. The summed E-state index contributed by atoms with van der Waals surface area (Å²) >= 11 is 0. The number of anilines is 1. The van der Waals surface area contributed by atoms with E-state index in [1.807, 2.05) is 7.05 Å². The maximum atomic E-state index is 3.21. The van der Waals surface area contributed by atoms with E-state index in [1.54, 1.807) is 0 Å². The van der Waals surface area contributed by atoms with Crippen LogP contribution in [0.4, 0.5) is 5.69 Å². The highest BCUT2D eigenvalue weighted by Crippen LogP contribution is 2.26. The Bertz CT molecular complexity index is 360. The zero-order valence-corrected chi connectivity index (χ0v) is 10.6. The molecule has 0 saturated carbocycles. The molecule has 1 aliphatic heterocycles. The molecule has 0 aliphatic carbocycles. The maximum absolute atomic E-state index is 3.21. The Kier molecular flexibility index (Phi) is 3.49. The molecular formula is C14H22N2. The van der Waals surface area contributed by atoms with Crippen molar-refractivity contribution in [3.8, 4) is 0 Å². The second-order valence-corrected chi connectivity index (χ2v) is 4.83. The van der Waals surface area contributed by atoms with Crippen LogP contribution in [0.1, 0.15) is 30.9 Å². The SMILES string of the molecule is CNCc1ccc(N2CCCC2C)cc1C. The van der Waals surface area contributed by atoms with E-state index in [0.717, 1.165) is 6.54 Å². The van der Waals surface area contributed by atoms with Crippen LogP contribution in [0.2, 0.25) is 0 Å². The molecule has 1 fully saturated rings. The van der Waals surface area contributed by atoms with Gasteiger partial charge in [-0.25, -0.2) is 0 Å². The first-order chi connectivity index (χ1) is 7.72. The summed E-state index contributed by atoms with van der Waals surface area (Å²) in [6, 6.07) is 7.55. The fourth-order valence-electron chi connectivity index (χ4n) is 2.56. The van der Waals surface area contributed by atoms with E-state index in [1.165, 1.54) is 36.2 Å². The summed E-state index contributed by atoms with van der Waals surface area (Å²) in [5, 5.41) is 3.21. The van der Waals surface area contributed by atoms with Gasteiger partial charge in [0, 0.05) is 24.8 Å². The minimum Gasteiger partial charge on any atom is -0.369 e. The molecule has 1 N–H and O–H groups in total. The van der Waals surface area contributed by atoms with Gasteiger partial charge in [0.15, 0.2) is 0 Å². The molecule has 88 valence electrons. The summed E-state index contributed by atoms with van der Waals surface area (Å²) in [6.45, 7) is 6.70. The lowest BCUT2D eigenvalue weighted by molar-refractivity contribution is 0.734. The minimum absolute atomic E-state index is 0.703. The van der Waals surface area contributed by atoms with E-state index in [4.69, 9.17) is 0 Å². The average Bonchev–Trinajstić information content (AvgIpc) is 2.68. The van der Waals surface area contributed by atoms with Crippen molar-refractivity contribution in [2.45, 2.75) is 39.3 Å². The number of aryl methyl sites for hydroxylation is 1. The van der Waals surface area contributed by atoms with Gasteiger partial charge in [-0.1, -0.05) is 6.07 Å². The van der Waals surface area contributed by atoms with Crippen LogP contribution >= 0.6 is 0 Å². The molecule has 1 atom stereocenters. The van der Waals surface area contributed by atoms with Gasteiger partial charge in [0.1, 0.15) is 0 Å². The molecule has 16 heavy (non-hydrogen) atoms. The summed E-state index contributed by atoms with van der Waals surface area (Å²) in [6.07, 6.45) is 2.66. The predicted octanol–water partition coefficient (Wildman–Crippen LogP) is 2.70. The zero-order chi connectivity index (χ0) is 11.5. The number of rotatable bonds is 3. The Balaban J connectivity index is 2.20. The lowest BCUT2D eigenvalue weighted by Gasteiger charge is -2.24. The van der Waals surface area contributed by atoms with E-state index in [-0.39, 0.29) is 0 Å². The highest BCUT2D eigenvalue weighted by Gasteiger charge is 2.20. The summed E-state index contributed by atoms with van der Waals surface area (Å²) in [4.78, 5) is 2.52. The molecule has 0 amide bonds. The van der Waals surface area contributed by atoms with Crippen molar-refractivity contribution in [1.29, 1.82) is 0 Å². The quantitative estimate of drug-likeness (QED) is 0.839. The second kappa shape index (κ2) is 4.88. The molecule has 0 radical (unpaired) electrons. The topological polar surface area (TPSA) is 15.3 Å². The first-order valence-electron chi connectivity index (χ1n) is 6.23. The van der Waals surface area contributed by atoms with Gasteiger partial charge in [-0.15, -0.1) is 0 Å². The van der Waals surface area contributed by atoms with Crippen LogP contribution in [0.25, 0.3) is 0 Å². The van der Waals surface area contributed by atoms with Gasteiger partial charge in [0.2, 0.25) is 0 Å². The summed E-state index contributed by atoms with van der Waals surface area (Å²) in [7, 11) is 2.00. The molecule has 2 nitrogen and oxygen atoms in total. The van der Waals surface area contributed by atoms with Crippen LogP contribution in [0.5, 0.6) is 0 Å². The normalized spacial score (nSPS) is 20.4. The van der Waals surface area contributed by atoms with E-state index in [2.05, 4.69) is 42.3 Å². The maximum Gasteiger partial charge on any atom is 0.0371 e. The van der Waals surface area contributed by atoms with Gasteiger partial charge >= 0.3 is 0 Å². The molecule has 1 aromatic carbocycles. The van der Waals surface area contributed by atoms with Crippen LogP contribution < -0.4 is 10.2 Å². The summed E-state index contributed by atoms with van der Waals surface area (Å²) < 4.78 is 0. The molecule has 1 unspecified atom stereocenters. The van der Waals surface area contributed by atoms with Crippen molar-refractivity contribution in [3.63, 3.8) is 0 Å². The van der Waals surface area contributed by atoms with Gasteiger partial charge in [0.05, 0.1) is 0 Å². The molecule has 0 aromatic heterocycles. The van der Waals surface area contributed by atoms with Crippen molar-refractivity contribution < 1.29 is 0 Å². The number of nitrogens with zero attached hydrogens (tertiary/aromatic N) is 1. The predicted molar refractivity (Wildman–Crippen MR) is 70.0 cm³/mol. The van der Waals surface area contributed by atoms with Crippen LogP contribution in [-0.4, -0.2) is 19.6 Å². The Hall–Kier alpha value is -1.02.